The van der Waals surface area contributed by atoms with Gasteiger partial charge in [-0.1, -0.05) is 11.6 Å². The Bertz CT molecular complexity index is 948. The molecule has 0 saturated heterocycles. The first-order valence-electron chi connectivity index (χ1n) is 6.77. The van der Waals surface area contributed by atoms with Crippen molar-refractivity contribution >= 4 is 45.5 Å². The van der Waals surface area contributed by atoms with E-state index < -0.39 is 0 Å². The van der Waals surface area contributed by atoms with Gasteiger partial charge in [-0.15, -0.1) is 11.3 Å². The van der Waals surface area contributed by atoms with Gasteiger partial charge in [-0.05, 0) is 6.07 Å². The Balaban J connectivity index is 3.07. The lowest BCUT2D eigenvalue weighted by Crippen LogP contribution is -2.21. The molecular formula is C16H13ClN4O2S. The fraction of sp³-hybridized carbons (Fsp3) is 0.250. The molecule has 24 heavy (non-hydrogen) atoms. The number of carbonyl (C=O) groups excluding carboxylic acids is 2. The van der Waals surface area contributed by atoms with Crippen LogP contribution in [0.1, 0.15) is 30.5 Å². The summed E-state index contributed by atoms with van der Waals surface area (Å²) in [6.07, 6.45) is 0. The van der Waals surface area contributed by atoms with Crippen molar-refractivity contribution in [2.24, 2.45) is 0 Å². The van der Waals surface area contributed by atoms with Crippen LogP contribution in [0.15, 0.2) is 6.07 Å². The number of nitriles is 2. The molecule has 1 aromatic heterocycles. The molecule has 6 nitrogen and oxygen atoms in total. The molecule has 0 atom stereocenters. The lowest BCUT2D eigenvalue weighted by molar-refractivity contribution is 0.0829. The van der Waals surface area contributed by atoms with Gasteiger partial charge in [-0.2, -0.15) is 10.5 Å². The van der Waals surface area contributed by atoms with Gasteiger partial charge in [-0.25, -0.2) is 0 Å². The first kappa shape index (κ1) is 17.7. The number of hydrogen-bond donors (Lipinski definition) is 0. The summed E-state index contributed by atoms with van der Waals surface area (Å²) in [7, 11) is 6.30. The highest BCUT2D eigenvalue weighted by atomic mass is 35.5. The molecule has 122 valence electrons. The monoisotopic (exact) mass is 360 g/mol. The molecule has 1 heterocycles. The zero-order valence-electron chi connectivity index (χ0n) is 13.5. The highest BCUT2D eigenvalue weighted by molar-refractivity contribution is 7.18. The molecule has 2 amide bonds. The Morgan fingerprint density at radius 1 is 1.00 bits per heavy atom. The third-order valence-electron chi connectivity index (χ3n) is 3.37. The van der Waals surface area contributed by atoms with E-state index in [9.17, 15) is 20.1 Å². The van der Waals surface area contributed by atoms with Crippen LogP contribution in [-0.2, 0) is 0 Å². The predicted octanol–water partition coefficient (Wildman–Crippen LogP) is 2.70. The number of hydrogen-bond acceptors (Lipinski definition) is 5. The van der Waals surface area contributed by atoms with E-state index >= 15 is 0 Å². The summed E-state index contributed by atoms with van der Waals surface area (Å²) >= 11 is 7.08. The quantitative estimate of drug-likeness (QED) is 0.823. The number of carbonyl (C=O) groups is 2. The number of thiophene rings is 1. The SMILES string of the molecule is CN(C)C(=O)c1sc(C(=O)N(C)C)c2c(C#N)c(Cl)cc(C#N)c12. The standard InChI is InChI=1S/C16H13ClN4O2S/c1-20(2)15(22)13-11-8(6-18)5-10(17)9(7-19)12(11)14(24-13)16(23)21(3)4/h5H,1-4H3. The molecule has 0 aliphatic rings. The molecule has 0 fully saturated rings. The zero-order valence-corrected chi connectivity index (χ0v) is 15.0. The van der Waals surface area contributed by atoms with Crippen molar-refractivity contribution in [3.05, 3.63) is 32.0 Å². The fourth-order valence-electron chi connectivity index (χ4n) is 2.22. The molecule has 0 N–H and O–H groups in total. The molecule has 2 rings (SSSR count). The summed E-state index contributed by atoms with van der Waals surface area (Å²) in [6, 6.07) is 5.32. The van der Waals surface area contributed by atoms with E-state index in [0.717, 1.165) is 11.3 Å². The Morgan fingerprint density at radius 2 is 1.50 bits per heavy atom. The number of benzene rings is 1. The second kappa shape index (κ2) is 6.48. The number of rotatable bonds is 2. The molecule has 0 unspecified atom stereocenters. The maximum Gasteiger partial charge on any atom is 0.264 e. The van der Waals surface area contributed by atoms with E-state index in [1.165, 1.54) is 15.9 Å². The average molecular weight is 361 g/mol. The minimum absolute atomic E-state index is 0.0796. The highest BCUT2D eigenvalue weighted by Gasteiger charge is 2.28. The van der Waals surface area contributed by atoms with Crippen molar-refractivity contribution in [1.82, 2.24) is 9.80 Å². The van der Waals surface area contributed by atoms with Gasteiger partial charge in [-0.3, -0.25) is 9.59 Å². The Labute approximate surface area is 148 Å². The number of amides is 2. The smallest absolute Gasteiger partial charge is 0.264 e. The molecule has 8 heteroatoms. The van der Waals surface area contributed by atoms with Crippen molar-refractivity contribution in [3.8, 4) is 12.1 Å². The van der Waals surface area contributed by atoms with Crippen molar-refractivity contribution in [2.75, 3.05) is 28.2 Å². The van der Waals surface area contributed by atoms with Gasteiger partial charge in [0.05, 0.1) is 22.2 Å². The maximum absolute atomic E-state index is 12.5. The van der Waals surface area contributed by atoms with Gasteiger partial charge in [0.25, 0.3) is 11.8 Å². The lowest BCUT2D eigenvalue weighted by atomic mass is 10.00. The molecule has 0 aliphatic heterocycles. The number of fused-ring (bicyclic) bond motifs is 1. The minimum Gasteiger partial charge on any atom is -0.344 e. The molecule has 0 radical (unpaired) electrons. The topological polar surface area (TPSA) is 88.2 Å². The molecule has 2 aromatic rings. The van der Waals surface area contributed by atoms with E-state index in [0.29, 0.717) is 5.39 Å². The van der Waals surface area contributed by atoms with Crippen LogP contribution >= 0.6 is 22.9 Å². The lowest BCUT2D eigenvalue weighted by Gasteiger charge is -2.10. The van der Waals surface area contributed by atoms with Gasteiger partial charge in [0.1, 0.15) is 15.8 Å². The Kier molecular flexibility index (Phi) is 4.79. The zero-order chi connectivity index (χ0) is 18.2. The average Bonchev–Trinajstić information content (AvgIpc) is 2.92. The van der Waals surface area contributed by atoms with Crippen LogP contribution < -0.4 is 0 Å². The number of nitrogens with zero attached hydrogens (tertiary/aromatic N) is 4. The maximum atomic E-state index is 12.5. The summed E-state index contributed by atoms with van der Waals surface area (Å²) in [5.41, 5.74) is 0.248. The summed E-state index contributed by atoms with van der Waals surface area (Å²) in [5.74, 6) is -0.698. The summed E-state index contributed by atoms with van der Waals surface area (Å²) in [4.78, 5) is 28.2. The van der Waals surface area contributed by atoms with Crippen molar-refractivity contribution < 1.29 is 9.59 Å². The second-order valence-corrected chi connectivity index (χ2v) is 6.84. The van der Waals surface area contributed by atoms with Crippen LogP contribution in [0.4, 0.5) is 0 Å². The van der Waals surface area contributed by atoms with Gasteiger partial charge < -0.3 is 9.80 Å². The van der Waals surface area contributed by atoms with Gasteiger partial charge >= 0.3 is 0 Å². The van der Waals surface area contributed by atoms with E-state index in [2.05, 4.69) is 0 Å². The summed E-state index contributed by atoms with van der Waals surface area (Å²) < 4.78 is 0. The molecule has 0 bridgehead atoms. The van der Waals surface area contributed by atoms with Crippen LogP contribution in [0.2, 0.25) is 5.02 Å². The molecule has 1 aromatic carbocycles. The normalized spacial score (nSPS) is 10.1. The largest absolute Gasteiger partial charge is 0.344 e. The van der Waals surface area contributed by atoms with Crippen molar-refractivity contribution in [3.63, 3.8) is 0 Å². The van der Waals surface area contributed by atoms with Crippen molar-refractivity contribution in [1.29, 1.82) is 10.5 Å². The van der Waals surface area contributed by atoms with E-state index in [1.807, 2.05) is 12.1 Å². The van der Waals surface area contributed by atoms with Crippen LogP contribution in [-0.4, -0.2) is 49.8 Å². The third kappa shape index (κ3) is 2.69. The molecule has 0 aliphatic carbocycles. The Morgan fingerprint density at radius 3 is 1.92 bits per heavy atom. The van der Waals surface area contributed by atoms with Crippen LogP contribution in [0, 0.1) is 22.7 Å². The molecule has 0 spiro atoms. The fourth-order valence-corrected chi connectivity index (χ4v) is 3.83. The van der Waals surface area contributed by atoms with Crippen LogP contribution in [0.5, 0.6) is 0 Å². The Hall–Kier alpha value is -2.61. The second-order valence-electron chi connectivity index (χ2n) is 5.41. The summed E-state index contributed by atoms with van der Waals surface area (Å²) in [6.45, 7) is 0. The summed E-state index contributed by atoms with van der Waals surface area (Å²) in [5, 5.41) is 19.5. The molecule has 0 saturated carbocycles. The van der Waals surface area contributed by atoms with Crippen LogP contribution in [0.25, 0.3) is 10.8 Å². The predicted molar refractivity (Wildman–Crippen MR) is 92.3 cm³/mol. The highest BCUT2D eigenvalue weighted by Crippen LogP contribution is 2.39. The van der Waals surface area contributed by atoms with Gasteiger partial charge in [0.2, 0.25) is 0 Å². The first-order valence-corrected chi connectivity index (χ1v) is 7.96. The van der Waals surface area contributed by atoms with E-state index in [-0.39, 0.29) is 43.1 Å². The first-order chi connectivity index (χ1) is 11.2. The minimum atomic E-state index is -0.356. The van der Waals surface area contributed by atoms with Gasteiger partial charge in [0.15, 0.2) is 0 Å². The number of halogens is 1. The van der Waals surface area contributed by atoms with Crippen molar-refractivity contribution in [2.45, 2.75) is 0 Å². The third-order valence-corrected chi connectivity index (χ3v) is 4.83. The van der Waals surface area contributed by atoms with E-state index in [1.54, 1.807) is 28.2 Å². The van der Waals surface area contributed by atoms with Gasteiger partial charge in [0, 0.05) is 39.0 Å². The van der Waals surface area contributed by atoms with Crippen LogP contribution in [0.3, 0.4) is 0 Å². The molecular weight excluding hydrogens is 348 g/mol. The van der Waals surface area contributed by atoms with E-state index in [4.69, 9.17) is 11.6 Å².